The number of rotatable bonds is 4. The Morgan fingerprint density at radius 3 is 2.52 bits per heavy atom. The second-order valence-corrected chi connectivity index (χ2v) is 12.7. The van der Waals surface area contributed by atoms with Gasteiger partial charge in [0.2, 0.25) is 11.9 Å². The fourth-order valence-electron chi connectivity index (χ4n) is 4.75. The molecule has 0 saturated carbocycles. The first-order valence-electron chi connectivity index (χ1n) is 15.7. The first-order valence-corrected chi connectivity index (χ1v) is 16.1. The van der Waals surface area contributed by atoms with E-state index in [0.29, 0.717) is 23.2 Å². The summed E-state index contributed by atoms with van der Waals surface area (Å²) < 4.78 is 64.4. The van der Waals surface area contributed by atoms with E-state index >= 15 is 0 Å². The van der Waals surface area contributed by atoms with Crippen LogP contribution in [-0.2, 0) is 17.9 Å². The summed E-state index contributed by atoms with van der Waals surface area (Å²) in [5.41, 5.74) is 0.565. The van der Waals surface area contributed by atoms with Gasteiger partial charge in [0, 0.05) is 36.4 Å². The molecule has 276 valence electrons. The van der Waals surface area contributed by atoms with Crippen molar-refractivity contribution in [1.82, 2.24) is 25.2 Å². The van der Waals surface area contributed by atoms with E-state index in [-0.39, 0.29) is 73.6 Å². The number of ether oxygens (including phenoxy) is 3. The van der Waals surface area contributed by atoms with Gasteiger partial charge in [-0.25, -0.2) is 9.59 Å². The lowest BCUT2D eigenvalue weighted by Gasteiger charge is -2.32. The summed E-state index contributed by atoms with van der Waals surface area (Å²) >= 11 is 6.44. The highest BCUT2D eigenvalue weighted by Crippen LogP contribution is 2.25. The number of alkyl halides is 3. The number of hydrogen-bond acceptors (Lipinski definition) is 13. The topological polar surface area (TPSA) is 183 Å². The van der Waals surface area contributed by atoms with Crippen molar-refractivity contribution >= 4 is 41.2 Å². The van der Waals surface area contributed by atoms with Crippen molar-refractivity contribution in [2.45, 2.75) is 46.5 Å². The fraction of sp³-hybridized carbons (Fsp3) is 0.394. The zero-order valence-corrected chi connectivity index (χ0v) is 28.9. The smallest absolute Gasteiger partial charge is 0.484 e. The standard InChI is InChI=1S/C33H33ClF3N7O8/c1-19-25(52-31(47)51-19)15-49-30(46)44-11-4-12-48-24-10-5-20(13-23(24)34)14-38-27-41-28(43-29(42-27)50-18-33(35,36)37)40-22-8-6-21(7-9-22)26(45)39-16-32(2,3)17-44/h6-9,13H,4,11-12,14-18H2,1-3H3,(H,39,45)(H2,38,40,41,42,43). The lowest BCUT2D eigenvalue weighted by Crippen LogP contribution is -2.45. The molecule has 2 aromatic heterocycles. The Kier molecular flexibility index (Phi) is 11.6. The molecule has 4 aliphatic rings. The molecule has 0 atom stereocenters. The maximum atomic E-state index is 13.2. The van der Waals surface area contributed by atoms with Gasteiger partial charge in [0.1, 0.15) is 0 Å². The molecule has 3 N–H and O–H groups in total. The van der Waals surface area contributed by atoms with E-state index in [9.17, 15) is 27.6 Å². The van der Waals surface area contributed by atoms with E-state index in [2.05, 4.69) is 43.0 Å². The molecule has 0 spiro atoms. The van der Waals surface area contributed by atoms with Crippen molar-refractivity contribution in [2.75, 3.05) is 43.5 Å². The highest BCUT2D eigenvalue weighted by Gasteiger charge is 2.30. The quantitative estimate of drug-likeness (QED) is 0.240. The third-order valence-electron chi connectivity index (χ3n) is 7.26. The largest absolute Gasteiger partial charge is 0.519 e. The van der Waals surface area contributed by atoms with Crippen LogP contribution in [-0.4, -0.2) is 70.9 Å². The van der Waals surface area contributed by atoms with Crippen LogP contribution in [0.5, 0.6) is 11.8 Å². The number of carbonyl (C=O) groups is 2. The normalized spacial score (nSPS) is 15.3. The Morgan fingerprint density at radius 2 is 1.83 bits per heavy atom. The monoisotopic (exact) mass is 747 g/mol. The van der Waals surface area contributed by atoms with Crippen LogP contribution in [0, 0.1) is 24.5 Å². The van der Waals surface area contributed by atoms with Crippen molar-refractivity contribution in [3.63, 3.8) is 0 Å². The summed E-state index contributed by atoms with van der Waals surface area (Å²) in [6.45, 7) is 3.95. The van der Waals surface area contributed by atoms with Crippen molar-refractivity contribution < 1.29 is 45.8 Å². The summed E-state index contributed by atoms with van der Waals surface area (Å²) in [4.78, 5) is 51.3. The molecule has 0 unspecified atom stereocenters. The Labute approximate surface area is 299 Å². The number of nitrogens with zero attached hydrogens (tertiary/aromatic N) is 4. The number of hydrogen-bond donors (Lipinski definition) is 3. The minimum absolute atomic E-state index is 0.0388. The highest BCUT2D eigenvalue weighted by molar-refractivity contribution is 6.32. The summed E-state index contributed by atoms with van der Waals surface area (Å²) in [6, 6.07) is 12.9. The lowest BCUT2D eigenvalue weighted by molar-refractivity contribution is -0.154. The SMILES string of the molecule is Cc1oc(=O)oc1COC(=O)N1CCCOc2c#cc(cc2Cl)CNc2nc(nc(OCC(F)(F)F)n2)Nc2ccc(cc2)C(=O)NCC(C)(C)C1. The minimum Gasteiger partial charge on any atom is -0.484 e. The number of carbonyl (C=O) groups excluding carboxylic acids is 2. The Morgan fingerprint density at radius 1 is 1.08 bits per heavy atom. The van der Waals surface area contributed by atoms with E-state index in [1.165, 1.54) is 24.0 Å². The van der Waals surface area contributed by atoms with Gasteiger partial charge in [-0.05, 0) is 55.2 Å². The molecule has 4 aromatic rings. The number of nitrogens with one attached hydrogen (secondary N) is 3. The number of halogens is 4. The summed E-state index contributed by atoms with van der Waals surface area (Å²) in [5.74, 6) is -1.08. The first-order chi connectivity index (χ1) is 24.6. The van der Waals surface area contributed by atoms with Crippen LogP contribution in [0.15, 0.2) is 44.0 Å². The molecule has 0 fully saturated rings. The molecule has 6 bridgehead atoms. The van der Waals surface area contributed by atoms with Gasteiger partial charge in [-0.2, -0.15) is 28.1 Å². The Balaban J connectivity index is 1.37. The summed E-state index contributed by atoms with van der Waals surface area (Å²) in [5, 5.41) is 8.83. The minimum atomic E-state index is -4.63. The highest BCUT2D eigenvalue weighted by atomic mass is 35.5. The van der Waals surface area contributed by atoms with Gasteiger partial charge in [0.15, 0.2) is 30.5 Å². The molecule has 0 aliphatic carbocycles. The van der Waals surface area contributed by atoms with E-state index < -0.39 is 42.0 Å². The molecule has 8 rings (SSSR count). The predicted molar refractivity (Wildman–Crippen MR) is 178 cm³/mol. The zero-order chi connectivity index (χ0) is 37.5. The third kappa shape index (κ3) is 10.9. The lowest BCUT2D eigenvalue weighted by atomic mass is 9.92. The molecule has 2 aromatic carbocycles. The predicted octanol–water partition coefficient (Wildman–Crippen LogP) is 5.45. The average molecular weight is 748 g/mol. The van der Waals surface area contributed by atoms with Gasteiger partial charge in [-0.15, -0.1) is 0 Å². The molecule has 0 saturated heterocycles. The van der Waals surface area contributed by atoms with Gasteiger partial charge in [0.25, 0.3) is 5.91 Å². The molecule has 15 nitrogen and oxygen atoms in total. The molecule has 0 radical (unpaired) electrons. The van der Waals surface area contributed by atoms with Gasteiger partial charge >= 0.3 is 24.1 Å². The van der Waals surface area contributed by atoms with Crippen LogP contribution in [0.2, 0.25) is 5.02 Å². The van der Waals surface area contributed by atoms with E-state index in [1.54, 1.807) is 18.2 Å². The van der Waals surface area contributed by atoms with Crippen molar-refractivity contribution in [3.05, 3.63) is 80.8 Å². The maximum Gasteiger partial charge on any atom is 0.519 e. The van der Waals surface area contributed by atoms with Gasteiger partial charge in [-0.1, -0.05) is 31.5 Å². The summed E-state index contributed by atoms with van der Waals surface area (Å²) in [7, 11) is 0. The van der Waals surface area contributed by atoms with Crippen LogP contribution in [0.3, 0.4) is 0 Å². The fourth-order valence-corrected chi connectivity index (χ4v) is 4.98. The molecule has 52 heavy (non-hydrogen) atoms. The second kappa shape index (κ2) is 16.1. The second-order valence-electron chi connectivity index (χ2n) is 12.3. The van der Waals surface area contributed by atoms with Gasteiger partial charge < -0.3 is 43.9 Å². The molecule has 6 heterocycles. The average Bonchev–Trinajstić information content (AvgIpc) is 3.41. The molecule has 4 aliphatic heterocycles. The number of aromatic nitrogens is 3. The van der Waals surface area contributed by atoms with E-state index in [0.717, 1.165) is 0 Å². The first kappa shape index (κ1) is 37.6. The van der Waals surface area contributed by atoms with Crippen molar-refractivity contribution in [3.8, 4) is 11.8 Å². The van der Waals surface area contributed by atoms with Crippen LogP contribution in [0.1, 0.15) is 47.7 Å². The molecule has 19 heteroatoms. The third-order valence-corrected chi connectivity index (χ3v) is 7.54. The Hall–Kier alpha value is -5.70. The Bertz CT molecular complexity index is 1940. The van der Waals surface area contributed by atoms with Crippen molar-refractivity contribution in [2.24, 2.45) is 5.41 Å². The molecular weight excluding hydrogens is 715 g/mol. The zero-order valence-electron chi connectivity index (χ0n) is 28.1. The number of amides is 2. The summed E-state index contributed by atoms with van der Waals surface area (Å²) in [6.07, 6.45) is -4.98. The number of benzene rings is 1. The van der Waals surface area contributed by atoms with E-state index in [4.69, 9.17) is 34.6 Å². The number of anilines is 3. The van der Waals surface area contributed by atoms with E-state index in [1.807, 2.05) is 13.8 Å². The van der Waals surface area contributed by atoms with Crippen LogP contribution >= 0.6 is 11.6 Å². The van der Waals surface area contributed by atoms with Crippen molar-refractivity contribution in [1.29, 1.82) is 0 Å². The number of aryl methyl sites for hydroxylation is 1. The maximum absolute atomic E-state index is 13.2. The van der Waals surface area contributed by atoms with Crippen LogP contribution in [0.4, 0.5) is 35.5 Å². The van der Waals surface area contributed by atoms with Crippen LogP contribution < -0.4 is 31.2 Å². The molecule has 2 amide bonds. The van der Waals surface area contributed by atoms with Gasteiger partial charge in [0.05, 0.1) is 18.2 Å². The molecular formula is C33H33ClF3N7O8. The van der Waals surface area contributed by atoms with Crippen LogP contribution in [0.25, 0.3) is 0 Å². The van der Waals surface area contributed by atoms with Gasteiger partial charge in [-0.3, -0.25) is 4.79 Å².